The molecule has 150 valence electrons. The molecular formula is C17H22F3N3O3S. The number of piperidine rings is 1. The molecule has 0 spiro atoms. The van der Waals surface area contributed by atoms with Crippen LogP contribution in [0.1, 0.15) is 18.9 Å². The van der Waals surface area contributed by atoms with Crippen LogP contribution in [-0.4, -0.2) is 49.6 Å². The minimum Gasteiger partial charge on any atom is -0.353 e. The van der Waals surface area contributed by atoms with E-state index in [2.05, 4.69) is 5.32 Å². The van der Waals surface area contributed by atoms with Crippen molar-refractivity contribution in [3.05, 3.63) is 35.1 Å². The normalized spacial score (nSPS) is 25.9. The van der Waals surface area contributed by atoms with E-state index in [-0.39, 0.29) is 47.9 Å². The molecule has 6 nitrogen and oxygen atoms in total. The maximum absolute atomic E-state index is 13.6. The number of nitrogens with zero attached hydrogens (tertiary/aromatic N) is 1. The van der Waals surface area contributed by atoms with Gasteiger partial charge in [0, 0.05) is 37.7 Å². The first kappa shape index (κ1) is 20.1. The molecule has 1 heterocycles. The third-order valence-corrected chi connectivity index (χ3v) is 7.08. The Morgan fingerprint density at radius 1 is 1.22 bits per heavy atom. The monoisotopic (exact) mass is 405 g/mol. The number of carbonyl (C=O) groups is 1. The number of hydrogen-bond donors (Lipinski definition) is 2. The van der Waals surface area contributed by atoms with E-state index < -0.39 is 33.5 Å². The van der Waals surface area contributed by atoms with Crippen LogP contribution in [0.15, 0.2) is 12.1 Å². The number of carbonyl (C=O) groups excluding carboxylic acids is 1. The van der Waals surface area contributed by atoms with Gasteiger partial charge in [0.1, 0.15) is 5.82 Å². The van der Waals surface area contributed by atoms with Gasteiger partial charge in [-0.3, -0.25) is 4.79 Å². The number of benzene rings is 1. The summed E-state index contributed by atoms with van der Waals surface area (Å²) in [6.07, 6.45) is -0.193. The number of nitrogens with one attached hydrogen (secondary N) is 1. The van der Waals surface area contributed by atoms with E-state index in [1.807, 2.05) is 0 Å². The number of nitrogens with two attached hydrogens (primary N) is 1. The average Bonchev–Trinajstić information content (AvgIpc) is 3.02. The van der Waals surface area contributed by atoms with E-state index >= 15 is 0 Å². The Morgan fingerprint density at radius 3 is 2.41 bits per heavy atom. The third kappa shape index (κ3) is 4.27. The van der Waals surface area contributed by atoms with Gasteiger partial charge in [-0.2, -0.15) is 0 Å². The first-order valence-electron chi connectivity index (χ1n) is 8.78. The van der Waals surface area contributed by atoms with Gasteiger partial charge in [0.2, 0.25) is 15.9 Å². The molecule has 1 aromatic carbocycles. The van der Waals surface area contributed by atoms with Crippen LogP contribution in [-0.2, 0) is 21.2 Å². The van der Waals surface area contributed by atoms with Crippen LogP contribution in [0, 0.1) is 29.3 Å². The van der Waals surface area contributed by atoms with Gasteiger partial charge in [-0.15, -0.1) is 0 Å². The molecule has 1 amide bonds. The Kier molecular flexibility index (Phi) is 5.51. The van der Waals surface area contributed by atoms with Crippen LogP contribution in [0.4, 0.5) is 13.2 Å². The number of sulfonamides is 1. The predicted molar refractivity (Wildman–Crippen MR) is 92.6 cm³/mol. The van der Waals surface area contributed by atoms with Gasteiger partial charge in [-0.25, -0.2) is 25.9 Å². The summed E-state index contributed by atoms with van der Waals surface area (Å²) in [6.45, 7) is 2.39. The fourth-order valence-corrected chi connectivity index (χ4v) is 4.83. The maximum Gasteiger partial charge on any atom is 0.221 e. The van der Waals surface area contributed by atoms with Crippen LogP contribution in [0.2, 0.25) is 0 Å². The Hall–Kier alpha value is -1.65. The van der Waals surface area contributed by atoms with Gasteiger partial charge < -0.3 is 11.1 Å². The summed E-state index contributed by atoms with van der Waals surface area (Å²) in [7, 11) is -3.21. The molecule has 27 heavy (non-hydrogen) atoms. The van der Waals surface area contributed by atoms with E-state index in [4.69, 9.17) is 5.73 Å². The van der Waals surface area contributed by atoms with Crippen LogP contribution < -0.4 is 11.1 Å². The summed E-state index contributed by atoms with van der Waals surface area (Å²) in [5.74, 6) is -3.40. The van der Waals surface area contributed by atoms with Crippen molar-refractivity contribution in [3.63, 3.8) is 0 Å². The fourth-order valence-electron chi connectivity index (χ4n) is 3.67. The molecule has 0 aromatic heterocycles. The second-order valence-corrected chi connectivity index (χ2v) is 9.42. The van der Waals surface area contributed by atoms with E-state index in [1.165, 1.54) is 4.31 Å². The molecule has 4 atom stereocenters. The van der Waals surface area contributed by atoms with Crippen molar-refractivity contribution < 1.29 is 26.4 Å². The Balaban J connectivity index is 1.47. The van der Waals surface area contributed by atoms with Crippen LogP contribution in [0.5, 0.6) is 0 Å². The van der Waals surface area contributed by atoms with Crippen LogP contribution in [0.3, 0.4) is 0 Å². The molecule has 1 unspecified atom stereocenters. The molecule has 3 N–H and O–H groups in total. The summed E-state index contributed by atoms with van der Waals surface area (Å²) < 4.78 is 64.9. The van der Waals surface area contributed by atoms with Crippen molar-refractivity contribution in [3.8, 4) is 0 Å². The largest absolute Gasteiger partial charge is 0.353 e. The first-order chi connectivity index (χ1) is 12.6. The average molecular weight is 405 g/mol. The third-order valence-electron chi connectivity index (χ3n) is 5.27. The predicted octanol–water partition coefficient (Wildman–Crippen LogP) is 0.760. The van der Waals surface area contributed by atoms with E-state index in [1.54, 1.807) is 6.92 Å². The molecule has 2 aliphatic rings. The molecule has 1 aromatic rings. The zero-order valence-electron chi connectivity index (χ0n) is 14.8. The molecule has 2 fully saturated rings. The summed E-state index contributed by atoms with van der Waals surface area (Å²) >= 11 is 0. The minimum absolute atomic E-state index is 0.0544. The van der Waals surface area contributed by atoms with Crippen molar-refractivity contribution in [1.29, 1.82) is 0 Å². The number of rotatable bonds is 7. The van der Waals surface area contributed by atoms with Crippen molar-refractivity contribution in [1.82, 2.24) is 9.62 Å². The Labute approximate surface area is 156 Å². The zero-order chi connectivity index (χ0) is 19.9. The van der Waals surface area contributed by atoms with E-state index in [0.29, 0.717) is 19.2 Å². The summed E-state index contributed by atoms with van der Waals surface area (Å²) in [6, 6.07) is 0.378. The zero-order valence-corrected chi connectivity index (χ0v) is 15.6. The summed E-state index contributed by atoms with van der Waals surface area (Å²) in [5, 5.41) is 2.83. The molecule has 0 bridgehead atoms. The van der Waals surface area contributed by atoms with Crippen molar-refractivity contribution >= 4 is 15.9 Å². The number of fused-ring (bicyclic) bond motifs is 1. The van der Waals surface area contributed by atoms with Crippen LogP contribution in [0.25, 0.3) is 0 Å². The first-order valence-corrected chi connectivity index (χ1v) is 10.4. The molecule has 1 saturated heterocycles. The molecule has 0 radical (unpaired) electrons. The van der Waals surface area contributed by atoms with Gasteiger partial charge in [0.05, 0.1) is 5.75 Å². The lowest BCUT2D eigenvalue weighted by molar-refractivity contribution is -0.121. The SMILES string of the molecule is CCS(=O)(=O)N1C[C@@H]2C(NC(=O)C[C@H](N)Cc3cc(F)c(F)cc3F)[C@@H]2C1. The molecule has 3 rings (SSSR count). The lowest BCUT2D eigenvalue weighted by Crippen LogP contribution is -2.39. The van der Waals surface area contributed by atoms with Gasteiger partial charge >= 0.3 is 0 Å². The van der Waals surface area contributed by atoms with Crippen molar-refractivity contribution in [2.24, 2.45) is 17.6 Å². The molecule has 1 saturated carbocycles. The highest BCUT2D eigenvalue weighted by molar-refractivity contribution is 7.89. The second kappa shape index (κ2) is 7.40. The Morgan fingerprint density at radius 2 is 1.81 bits per heavy atom. The van der Waals surface area contributed by atoms with Gasteiger partial charge in [0.25, 0.3) is 0 Å². The Bertz CT molecular complexity index is 837. The van der Waals surface area contributed by atoms with Crippen LogP contribution >= 0.6 is 0 Å². The van der Waals surface area contributed by atoms with E-state index in [0.717, 1.165) is 6.07 Å². The summed E-state index contributed by atoms with van der Waals surface area (Å²) in [5.41, 5.74) is 5.76. The highest BCUT2D eigenvalue weighted by atomic mass is 32.2. The second-order valence-electron chi connectivity index (χ2n) is 7.16. The topological polar surface area (TPSA) is 92.5 Å². The smallest absolute Gasteiger partial charge is 0.221 e. The lowest BCUT2D eigenvalue weighted by Gasteiger charge is -2.19. The number of amides is 1. The van der Waals surface area contributed by atoms with Crippen molar-refractivity contribution in [2.45, 2.75) is 31.8 Å². The molecule has 1 aliphatic heterocycles. The van der Waals surface area contributed by atoms with E-state index in [9.17, 15) is 26.4 Å². The maximum atomic E-state index is 13.6. The molecule has 1 aliphatic carbocycles. The highest BCUT2D eigenvalue weighted by Gasteiger charge is 2.58. The number of halogens is 3. The van der Waals surface area contributed by atoms with Crippen molar-refractivity contribution in [2.75, 3.05) is 18.8 Å². The quantitative estimate of drug-likeness (QED) is 0.655. The van der Waals surface area contributed by atoms with Gasteiger partial charge in [-0.1, -0.05) is 0 Å². The lowest BCUT2D eigenvalue weighted by atomic mass is 10.0. The standard InChI is InChI=1S/C17H22F3N3O3S/c1-2-27(25,26)23-7-11-12(8-23)17(11)22-16(24)5-10(21)3-9-4-14(19)15(20)6-13(9)18/h4,6,10-12,17H,2-3,5,7-8,21H2,1H3,(H,22,24)/t10-,11-,12+,17?/m1/s1. The minimum atomic E-state index is -3.21. The number of hydrogen-bond acceptors (Lipinski definition) is 4. The highest BCUT2D eigenvalue weighted by Crippen LogP contribution is 2.46. The molecular weight excluding hydrogens is 383 g/mol. The fraction of sp³-hybridized carbons (Fsp3) is 0.588. The van der Waals surface area contributed by atoms with Gasteiger partial charge in [-0.05, 0) is 36.8 Å². The van der Waals surface area contributed by atoms with Gasteiger partial charge in [0.15, 0.2) is 11.6 Å². The summed E-state index contributed by atoms with van der Waals surface area (Å²) in [4.78, 5) is 12.1. The molecule has 10 heteroatoms.